The fourth-order valence-electron chi connectivity index (χ4n) is 3.71. The SMILES string of the molecule is Cc1cc(/C=N\Nc2ncc(F)c(N3CCOCC3)n2)c(C)n1-c1cccc(C(F)(F)F)c1. The molecule has 3 aromatic rings. The number of hydrogen-bond donors (Lipinski definition) is 1. The highest BCUT2D eigenvalue weighted by atomic mass is 19.4. The quantitative estimate of drug-likeness (QED) is 0.348. The lowest BCUT2D eigenvalue weighted by atomic mass is 10.2. The second kappa shape index (κ2) is 9.18. The Balaban J connectivity index is 1.54. The van der Waals surface area contributed by atoms with Crippen LogP contribution in [0.5, 0.6) is 0 Å². The summed E-state index contributed by atoms with van der Waals surface area (Å²) in [5.74, 6) is -0.231. The highest BCUT2D eigenvalue weighted by Crippen LogP contribution is 2.31. The van der Waals surface area contributed by atoms with Gasteiger partial charge in [-0.3, -0.25) is 0 Å². The number of aryl methyl sites for hydroxylation is 1. The number of rotatable bonds is 5. The topological polar surface area (TPSA) is 67.6 Å². The van der Waals surface area contributed by atoms with E-state index in [1.807, 2.05) is 6.07 Å². The number of hydrazone groups is 1. The van der Waals surface area contributed by atoms with Crippen LogP contribution in [0.1, 0.15) is 22.5 Å². The smallest absolute Gasteiger partial charge is 0.378 e. The third-order valence-corrected chi connectivity index (χ3v) is 5.31. The molecular formula is C22H22F4N6O. The Morgan fingerprint density at radius 1 is 1.15 bits per heavy atom. The van der Waals surface area contributed by atoms with Crippen LogP contribution < -0.4 is 10.3 Å². The van der Waals surface area contributed by atoms with Gasteiger partial charge in [-0.15, -0.1) is 0 Å². The van der Waals surface area contributed by atoms with Gasteiger partial charge in [-0.2, -0.15) is 23.3 Å². The van der Waals surface area contributed by atoms with E-state index >= 15 is 0 Å². The van der Waals surface area contributed by atoms with Crippen molar-refractivity contribution in [1.82, 2.24) is 14.5 Å². The number of benzene rings is 1. The minimum atomic E-state index is -4.42. The molecule has 1 fully saturated rings. The molecule has 1 aromatic carbocycles. The summed E-state index contributed by atoms with van der Waals surface area (Å²) in [5.41, 5.74) is 4.55. The third-order valence-electron chi connectivity index (χ3n) is 5.31. The van der Waals surface area contributed by atoms with Crippen LogP contribution in [0, 0.1) is 19.7 Å². The zero-order valence-electron chi connectivity index (χ0n) is 18.0. The van der Waals surface area contributed by atoms with Crippen molar-refractivity contribution in [3.8, 4) is 5.69 Å². The average molecular weight is 462 g/mol. The van der Waals surface area contributed by atoms with E-state index in [0.717, 1.165) is 24.0 Å². The van der Waals surface area contributed by atoms with Crippen LogP contribution in [0.15, 0.2) is 41.6 Å². The lowest BCUT2D eigenvalue weighted by molar-refractivity contribution is -0.137. The molecule has 0 saturated carbocycles. The molecular weight excluding hydrogens is 440 g/mol. The number of nitrogens with one attached hydrogen (secondary N) is 1. The van der Waals surface area contributed by atoms with Crippen LogP contribution in [0.25, 0.3) is 5.69 Å². The number of anilines is 2. The standard InChI is InChI=1S/C22H22F4N6O/c1-14-10-16(15(2)32(14)18-5-3-4-17(11-18)22(24,25)26)12-28-30-21-27-13-19(23)20(29-21)31-6-8-33-9-7-31/h3-5,10-13H,6-9H2,1-2H3,(H,27,29,30)/b28-12-. The van der Waals surface area contributed by atoms with Crippen LogP contribution in [0.2, 0.25) is 0 Å². The van der Waals surface area contributed by atoms with Gasteiger partial charge >= 0.3 is 6.18 Å². The van der Waals surface area contributed by atoms with E-state index in [4.69, 9.17) is 4.74 Å². The van der Waals surface area contributed by atoms with Crippen molar-refractivity contribution in [2.24, 2.45) is 5.10 Å². The van der Waals surface area contributed by atoms with Crippen LogP contribution in [0.3, 0.4) is 0 Å². The Kier molecular flexibility index (Phi) is 6.32. The van der Waals surface area contributed by atoms with E-state index in [1.54, 1.807) is 29.4 Å². The van der Waals surface area contributed by atoms with Crippen molar-refractivity contribution in [2.75, 3.05) is 36.6 Å². The minimum absolute atomic E-state index is 0.126. The van der Waals surface area contributed by atoms with E-state index in [-0.39, 0.29) is 11.8 Å². The molecule has 7 nitrogen and oxygen atoms in total. The maximum atomic E-state index is 14.2. The number of nitrogens with zero attached hydrogens (tertiary/aromatic N) is 5. The third kappa shape index (κ3) is 4.98. The molecule has 0 bridgehead atoms. The molecule has 3 heterocycles. The molecule has 11 heteroatoms. The van der Waals surface area contributed by atoms with E-state index in [2.05, 4.69) is 20.5 Å². The molecule has 0 aliphatic carbocycles. The highest BCUT2D eigenvalue weighted by molar-refractivity contribution is 5.82. The van der Waals surface area contributed by atoms with Gasteiger partial charge in [0, 0.05) is 35.7 Å². The average Bonchev–Trinajstić information content (AvgIpc) is 3.08. The lowest BCUT2D eigenvalue weighted by Crippen LogP contribution is -2.37. The molecule has 0 radical (unpaired) electrons. The summed E-state index contributed by atoms with van der Waals surface area (Å²) >= 11 is 0. The van der Waals surface area contributed by atoms with Gasteiger partial charge in [0.2, 0.25) is 5.95 Å². The first kappa shape index (κ1) is 22.7. The van der Waals surface area contributed by atoms with Crippen LogP contribution >= 0.6 is 0 Å². The fraction of sp³-hybridized carbons (Fsp3) is 0.318. The fourth-order valence-corrected chi connectivity index (χ4v) is 3.71. The molecule has 33 heavy (non-hydrogen) atoms. The van der Waals surface area contributed by atoms with Gasteiger partial charge in [-0.05, 0) is 38.1 Å². The van der Waals surface area contributed by atoms with E-state index in [9.17, 15) is 17.6 Å². The summed E-state index contributed by atoms with van der Waals surface area (Å²) in [6.07, 6.45) is -1.82. The van der Waals surface area contributed by atoms with Gasteiger partial charge in [-0.25, -0.2) is 14.8 Å². The van der Waals surface area contributed by atoms with Crippen LogP contribution in [0.4, 0.5) is 29.3 Å². The Labute approximate surface area is 187 Å². The number of halogens is 4. The Bertz CT molecular complexity index is 1170. The number of morpholine rings is 1. The van der Waals surface area contributed by atoms with Crippen molar-refractivity contribution >= 4 is 18.0 Å². The first-order chi connectivity index (χ1) is 15.7. The molecule has 1 aliphatic rings. The molecule has 1 saturated heterocycles. The Hall–Kier alpha value is -3.47. The van der Waals surface area contributed by atoms with E-state index in [1.165, 1.54) is 12.3 Å². The number of alkyl halides is 3. The van der Waals surface area contributed by atoms with Crippen LogP contribution in [-0.4, -0.2) is 47.1 Å². The van der Waals surface area contributed by atoms with Gasteiger partial charge < -0.3 is 14.2 Å². The summed E-state index contributed by atoms with van der Waals surface area (Å²) in [7, 11) is 0. The lowest BCUT2D eigenvalue weighted by Gasteiger charge is -2.27. The largest absolute Gasteiger partial charge is 0.416 e. The highest BCUT2D eigenvalue weighted by Gasteiger charge is 2.30. The van der Waals surface area contributed by atoms with Crippen molar-refractivity contribution in [1.29, 1.82) is 0 Å². The zero-order chi connectivity index (χ0) is 23.6. The molecule has 0 unspecified atom stereocenters. The molecule has 0 amide bonds. The second-order valence-corrected chi connectivity index (χ2v) is 7.54. The molecule has 1 aliphatic heterocycles. The van der Waals surface area contributed by atoms with Gasteiger partial charge in [0.25, 0.3) is 0 Å². The van der Waals surface area contributed by atoms with Crippen molar-refractivity contribution in [2.45, 2.75) is 20.0 Å². The van der Waals surface area contributed by atoms with Crippen molar-refractivity contribution < 1.29 is 22.3 Å². The van der Waals surface area contributed by atoms with Gasteiger partial charge in [0.1, 0.15) is 0 Å². The Morgan fingerprint density at radius 3 is 2.64 bits per heavy atom. The monoisotopic (exact) mass is 462 g/mol. The number of aromatic nitrogens is 3. The maximum Gasteiger partial charge on any atom is 0.416 e. The molecule has 174 valence electrons. The second-order valence-electron chi connectivity index (χ2n) is 7.54. The maximum absolute atomic E-state index is 14.2. The first-order valence-corrected chi connectivity index (χ1v) is 10.2. The summed E-state index contributed by atoms with van der Waals surface area (Å²) < 4.78 is 60.5. The number of ether oxygens (including phenoxy) is 1. The normalized spacial score (nSPS) is 14.8. The van der Waals surface area contributed by atoms with Crippen molar-refractivity contribution in [3.05, 3.63) is 64.9 Å². The molecule has 2 aromatic heterocycles. The van der Waals surface area contributed by atoms with Gasteiger partial charge in [0.05, 0.1) is 31.2 Å². The van der Waals surface area contributed by atoms with E-state index < -0.39 is 17.6 Å². The van der Waals surface area contributed by atoms with Gasteiger partial charge in [-0.1, -0.05) is 6.07 Å². The van der Waals surface area contributed by atoms with Gasteiger partial charge in [0.15, 0.2) is 11.6 Å². The molecule has 0 atom stereocenters. The summed E-state index contributed by atoms with van der Waals surface area (Å²) in [4.78, 5) is 9.89. The van der Waals surface area contributed by atoms with Crippen LogP contribution in [-0.2, 0) is 10.9 Å². The summed E-state index contributed by atoms with van der Waals surface area (Å²) in [6, 6.07) is 6.96. The first-order valence-electron chi connectivity index (χ1n) is 10.2. The predicted octanol–water partition coefficient (Wildman–Crippen LogP) is 4.32. The summed E-state index contributed by atoms with van der Waals surface area (Å²) in [5, 5.41) is 4.13. The molecule has 1 N–H and O–H groups in total. The predicted molar refractivity (Wildman–Crippen MR) is 116 cm³/mol. The van der Waals surface area contributed by atoms with E-state index in [0.29, 0.717) is 43.2 Å². The van der Waals surface area contributed by atoms with Crippen molar-refractivity contribution in [3.63, 3.8) is 0 Å². The molecule has 0 spiro atoms. The Morgan fingerprint density at radius 2 is 1.91 bits per heavy atom. The summed E-state index contributed by atoms with van der Waals surface area (Å²) in [6.45, 7) is 5.63. The molecule has 4 rings (SSSR count). The zero-order valence-corrected chi connectivity index (χ0v) is 18.0. The number of hydrogen-bond acceptors (Lipinski definition) is 6. The minimum Gasteiger partial charge on any atom is -0.378 e.